The monoisotopic (exact) mass is 347 g/mol. The third kappa shape index (κ3) is 6.02. The third-order valence-electron chi connectivity index (χ3n) is 3.44. The quantitative estimate of drug-likeness (QED) is 0.680. The molecular formula is C18H25N3O2S. The summed E-state index contributed by atoms with van der Waals surface area (Å²) in [4.78, 5) is 16.3. The molecule has 3 N–H and O–H groups in total. The number of thioether (sulfide) groups is 1. The van der Waals surface area contributed by atoms with Crippen molar-refractivity contribution >= 4 is 17.7 Å². The van der Waals surface area contributed by atoms with E-state index in [-0.39, 0.29) is 17.6 Å². The number of oxazole rings is 1. The lowest BCUT2D eigenvalue weighted by molar-refractivity contribution is 0.0951. The molecule has 1 heterocycles. The van der Waals surface area contributed by atoms with E-state index in [1.54, 1.807) is 11.8 Å². The topological polar surface area (TPSA) is 81.1 Å². The molecule has 6 heteroatoms. The summed E-state index contributed by atoms with van der Waals surface area (Å²) >= 11 is 1.78. The van der Waals surface area contributed by atoms with E-state index >= 15 is 0 Å². The van der Waals surface area contributed by atoms with Gasteiger partial charge >= 0.3 is 0 Å². The van der Waals surface area contributed by atoms with Crippen LogP contribution in [0, 0.1) is 5.92 Å². The third-order valence-corrected chi connectivity index (χ3v) is 4.47. The van der Waals surface area contributed by atoms with Gasteiger partial charge in [-0.2, -0.15) is 11.8 Å². The van der Waals surface area contributed by atoms with Gasteiger partial charge in [0.2, 0.25) is 5.89 Å². The molecule has 0 fully saturated rings. The number of aromatic nitrogens is 1. The Bertz CT molecular complexity index is 628. The second-order valence-corrected chi connectivity index (χ2v) is 7.21. The van der Waals surface area contributed by atoms with Crippen LogP contribution in [-0.2, 0) is 5.75 Å². The standard InChI is InChI=1S/C18H25N3O2S/c1-13(2)10-15(19)18-21-16(11-23-18)17(22)20-8-9-24-12-14-6-4-3-5-7-14/h3-7,11,13,15H,8-10,12,19H2,1-2H3,(H,20,22). The second kappa shape index (κ2) is 9.49. The molecule has 130 valence electrons. The Hall–Kier alpha value is -1.79. The number of nitrogens with one attached hydrogen (secondary N) is 1. The Morgan fingerprint density at radius 2 is 2.08 bits per heavy atom. The molecule has 24 heavy (non-hydrogen) atoms. The SMILES string of the molecule is CC(C)CC(N)c1nc(C(=O)NCCSCc2ccccc2)co1. The average molecular weight is 347 g/mol. The van der Waals surface area contributed by atoms with Crippen LogP contribution in [0.15, 0.2) is 41.0 Å². The number of benzene rings is 1. The number of hydrogen-bond donors (Lipinski definition) is 2. The molecule has 0 saturated heterocycles. The van der Waals surface area contributed by atoms with Crippen LogP contribution in [0.2, 0.25) is 0 Å². The molecule has 0 aliphatic heterocycles. The number of carbonyl (C=O) groups is 1. The van der Waals surface area contributed by atoms with Crippen molar-refractivity contribution < 1.29 is 9.21 Å². The number of hydrogen-bond acceptors (Lipinski definition) is 5. The van der Waals surface area contributed by atoms with Crippen LogP contribution < -0.4 is 11.1 Å². The van der Waals surface area contributed by atoms with Crippen LogP contribution in [0.25, 0.3) is 0 Å². The van der Waals surface area contributed by atoms with Crippen molar-refractivity contribution in [2.24, 2.45) is 11.7 Å². The molecule has 0 aliphatic rings. The molecule has 0 bridgehead atoms. The van der Waals surface area contributed by atoms with Crippen LogP contribution >= 0.6 is 11.8 Å². The molecule has 0 aliphatic carbocycles. The molecule has 1 aromatic carbocycles. The maximum absolute atomic E-state index is 12.1. The number of amides is 1. The maximum atomic E-state index is 12.1. The van der Waals surface area contributed by atoms with Gasteiger partial charge in [-0.1, -0.05) is 44.2 Å². The smallest absolute Gasteiger partial charge is 0.273 e. The lowest BCUT2D eigenvalue weighted by atomic mass is 10.0. The van der Waals surface area contributed by atoms with E-state index in [0.29, 0.717) is 18.4 Å². The molecule has 1 atom stereocenters. The lowest BCUT2D eigenvalue weighted by Gasteiger charge is -2.09. The minimum atomic E-state index is -0.270. The highest BCUT2D eigenvalue weighted by Crippen LogP contribution is 2.18. The average Bonchev–Trinajstić information content (AvgIpc) is 3.05. The van der Waals surface area contributed by atoms with E-state index in [0.717, 1.165) is 17.9 Å². The van der Waals surface area contributed by atoms with Crippen LogP contribution in [0.5, 0.6) is 0 Å². The molecular weight excluding hydrogens is 322 g/mol. The zero-order chi connectivity index (χ0) is 17.4. The van der Waals surface area contributed by atoms with E-state index in [1.807, 2.05) is 18.2 Å². The Kier molecular flexibility index (Phi) is 7.34. The second-order valence-electron chi connectivity index (χ2n) is 6.10. The van der Waals surface area contributed by atoms with E-state index in [1.165, 1.54) is 11.8 Å². The fourth-order valence-corrected chi connectivity index (χ4v) is 3.08. The molecule has 5 nitrogen and oxygen atoms in total. The summed E-state index contributed by atoms with van der Waals surface area (Å²) in [5.74, 6) is 2.44. The summed E-state index contributed by atoms with van der Waals surface area (Å²) < 4.78 is 5.33. The van der Waals surface area contributed by atoms with Crippen molar-refractivity contribution in [3.8, 4) is 0 Å². The van der Waals surface area contributed by atoms with Gasteiger partial charge in [0.15, 0.2) is 5.69 Å². The minimum absolute atomic E-state index is 0.220. The Morgan fingerprint density at radius 3 is 2.79 bits per heavy atom. The summed E-state index contributed by atoms with van der Waals surface area (Å²) in [6.07, 6.45) is 2.15. The first kappa shape index (κ1) is 18.5. The Labute approximate surface area is 147 Å². The van der Waals surface area contributed by atoms with Gasteiger partial charge in [0.1, 0.15) is 6.26 Å². The van der Waals surface area contributed by atoms with E-state index < -0.39 is 0 Å². The van der Waals surface area contributed by atoms with Crippen LogP contribution in [0.3, 0.4) is 0 Å². The molecule has 1 amide bonds. The minimum Gasteiger partial charge on any atom is -0.446 e. The summed E-state index contributed by atoms with van der Waals surface area (Å²) in [7, 11) is 0. The normalized spacial score (nSPS) is 12.3. The molecule has 0 spiro atoms. The largest absolute Gasteiger partial charge is 0.446 e. The number of rotatable bonds is 9. The molecule has 2 rings (SSSR count). The van der Waals surface area contributed by atoms with Crippen LogP contribution in [-0.4, -0.2) is 23.2 Å². The lowest BCUT2D eigenvalue weighted by Crippen LogP contribution is -2.26. The van der Waals surface area contributed by atoms with Gasteiger partial charge in [-0.25, -0.2) is 4.98 Å². The zero-order valence-electron chi connectivity index (χ0n) is 14.2. The van der Waals surface area contributed by atoms with Gasteiger partial charge in [0, 0.05) is 18.1 Å². The summed E-state index contributed by atoms with van der Waals surface area (Å²) in [6.45, 7) is 4.77. The molecule has 1 unspecified atom stereocenters. The molecule has 1 aromatic heterocycles. The molecule has 2 aromatic rings. The van der Waals surface area contributed by atoms with Crippen molar-refractivity contribution in [1.29, 1.82) is 0 Å². The highest BCUT2D eigenvalue weighted by atomic mass is 32.2. The van der Waals surface area contributed by atoms with Gasteiger partial charge in [0.25, 0.3) is 5.91 Å². The summed E-state index contributed by atoms with van der Waals surface area (Å²) in [5.41, 5.74) is 7.59. The predicted molar refractivity (Wildman–Crippen MR) is 97.8 cm³/mol. The first-order valence-corrected chi connectivity index (χ1v) is 9.32. The first-order chi connectivity index (χ1) is 11.6. The Morgan fingerprint density at radius 1 is 1.33 bits per heavy atom. The predicted octanol–water partition coefficient (Wildman–Crippen LogP) is 3.38. The van der Waals surface area contributed by atoms with E-state index in [4.69, 9.17) is 10.2 Å². The highest BCUT2D eigenvalue weighted by molar-refractivity contribution is 7.98. The fourth-order valence-electron chi connectivity index (χ4n) is 2.26. The van der Waals surface area contributed by atoms with Crippen molar-refractivity contribution in [2.75, 3.05) is 12.3 Å². The molecule has 0 saturated carbocycles. The van der Waals surface area contributed by atoms with Crippen LogP contribution in [0.4, 0.5) is 0 Å². The molecule has 0 radical (unpaired) electrons. The first-order valence-electron chi connectivity index (χ1n) is 8.17. The van der Waals surface area contributed by atoms with E-state index in [2.05, 4.69) is 36.3 Å². The van der Waals surface area contributed by atoms with Gasteiger partial charge in [-0.15, -0.1) is 0 Å². The summed E-state index contributed by atoms with van der Waals surface area (Å²) in [5, 5.41) is 2.86. The number of nitrogens with zero attached hydrogens (tertiary/aromatic N) is 1. The summed E-state index contributed by atoms with van der Waals surface area (Å²) in [6, 6.07) is 10.0. The van der Waals surface area contributed by atoms with Gasteiger partial charge in [-0.3, -0.25) is 4.79 Å². The van der Waals surface area contributed by atoms with Gasteiger partial charge in [0.05, 0.1) is 6.04 Å². The fraction of sp³-hybridized carbons (Fsp3) is 0.444. The maximum Gasteiger partial charge on any atom is 0.273 e. The van der Waals surface area contributed by atoms with Gasteiger partial charge in [-0.05, 0) is 17.9 Å². The van der Waals surface area contributed by atoms with E-state index in [9.17, 15) is 4.79 Å². The highest BCUT2D eigenvalue weighted by Gasteiger charge is 2.17. The number of carbonyl (C=O) groups excluding carboxylic acids is 1. The van der Waals surface area contributed by atoms with Crippen molar-refractivity contribution in [3.63, 3.8) is 0 Å². The van der Waals surface area contributed by atoms with Crippen molar-refractivity contribution in [3.05, 3.63) is 53.7 Å². The van der Waals surface area contributed by atoms with Gasteiger partial charge < -0.3 is 15.5 Å². The zero-order valence-corrected chi connectivity index (χ0v) is 15.0. The number of nitrogens with two attached hydrogens (primary N) is 1. The Balaban J connectivity index is 1.70. The van der Waals surface area contributed by atoms with Crippen LogP contribution in [0.1, 0.15) is 48.3 Å². The van der Waals surface area contributed by atoms with Crippen molar-refractivity contribution in [1.82, 2.24) is 10.3 Å². The van der Waals surface area contributed by atoms with Crippen molar-refractivity contribution in [2.45, 2.75) is 32.1 Å².